The molecule has 9 nitrogen and oxygen atoms in total. The van der Waals surface area contributed by atoms with Crippen molar-refractivity contribution in [3.8, 4) is 11.5 Å². The molecule has 0 saturated heterocycles. The number of carbonyl (C=O) groups excluding carboxylic acids is 3. The zero-order valence-corrected chi connectivity index (χ0v) is 17.4. The smallest absolute Gasteiger partial charge is 0.329 e. The maximum atomic E-state index is 12.1. The van der Waals surface area contributed by atoms with Gasteiger partial charge in [0, 0.05) is 16.3 Å². The Morgan fingerprint density at radius 1 is 1.13 bits per heavy atom. The molecule has 2 aromatic rings. The standard InChI is InChI=1S/C20H21ClN4O5/c1-11-14(21)5-4-6-15(11)23-19(27)20(28)25-24-12(2)13-7-8-16(17(9-13)29-3)30-10-18(22)26/h4-9H,10H2,1-3H3,(H2,22,26)(H,23,27)(H,25,28). The van der Waals surface area contributed by atoms with Gasteiger partial charge in [-0.3, -0.25) is 14.4 Å². The molecule has 2 aromatic carbocycles. The second-order valence-corrected chi connectivity index (χ2v) is 6.53. The number of amides is 3. The molecule has 0 unspecified atom stereocenters. The van der Waals surface area contributed by atoms with E-state index in [1.165, 1.54) is 7.11 Å². The number of ether oxygens (including phenoxy) is 2. The van der Waals surface area contributed by atoms with Crippen LogP contribution in [0.15, 0.2) is 41.5 Å². The highest BCUT2D eigenvalue weighted by molar-refractivity contribution is 6.40. The molecular formula is C20H21ClN4O5. The van der Waals surface area contributed by atoms with Gasteiger partial charge in [0.25, 0.3) is 5.91 Å². The number of halogens is 1. The van der Waals surface area contributed by atoms with E-state index in [4.69, 9.17) is 26.8 Å². The van der Waals surface area contributed by atoms with Gasteiger partial charge in [-0.05, 0) is 49.7 Å². The predicted molar refractivity (Wildman–Crippen MR) is 113 cm³/mol. The van der Waals surface area contributed by atoms with E-state index in [1.807, 2.05) is 0 Å². The Bertz CT molecular complexity index is 1010. The predicted octanol–water partition coefficient (Wildman–Crippen LogP) is 2.00. The lowest BCUT2D eigenvalue weighted by atomic mass is 10.1. The summed E-state index contributed by atoms with van der Waals surface area (Å²) >= 11 is 6.00. The average Bonchev–Trinajstić information content (AvgIpc) is 2.73. The Hall–Kier alpha value is -3.59. The molecule has 30 heavy (non-hydrogen) atoms. The highest BCUT2D eigenvalue weighted by atomic mass is 35.5. The molecule has 0 spiro atoms. The molecule has 158 valence electrons. The summed E-state index contributed by atoms with van der Waals surface area (Å²) in [5, 5.41) is 6.89. The minimum atomic E-state index is -0.942. The maximum absolute atomic E-state index is 12.1. The summed E-state index contributed by atoms with van der Waals surface area (Å²) in [6, 6.07) is 9.81. The first kappa shape index (κ1) is 22.7. The van der Waals surface area contributed by atoms with Gasteiger partial charge in [0.2, 0.25) is 0 Å². The van der Waals surface area contributed by atoms with Crippen LogP contribution in [0.5, 0.6) is 11.5 Å². The van der Waals surface area contributed by atoms with Crippen LogP contribution in [0.2, 0.25) is 5.02 Å². The molecule has 0 heterocycles. The van der Waals surface area contributed by atoms with Crippen molar-refractivity contribution in [2.75, 3.05) is 19.0 Å². The van der Waals surface area contributed by atoms with Gasteiger partial charge in [-0.15, -0.1) is 0 Å². The van der Waals surface area contributed by atoms with Gasteiger partial charge < -0.3 is 20.5 Å². The molecule has 0 aliphatic rings. The summed E-state index contributed by atoms with van der Waals surface area (Å²) in [5.74, 6) is -1.77. The van der Waals surface area contributed by atoms with Crippen molar-refractivity contribution in [3.63, 3.8) is 0 Å². The second kappa shape index (κ2) is 10.3. The van der Waals surface area contributed by atoms with E-state index in [-0.39, 0.29) is 6.61 Å². The Balaban J connectivity index is 2.06. The lowest BCUT2D eigenvalue weighted by molar-refractivity contribution is -0.136. The maximum Gasteiger partial charge on any atom is 0.329 e. The van der Waals surface area contributed by atoms with E-state index in [1.54, 1.807) is 50.2 Å². The highest BCUT2D eigenvalue weighted by Crippen LogP contribution is 2.28. The number of nitrogens with two attached hydrogens (primary N) is 1. The number of nitrogens with zero attached hydrogens (tertiary/aromatic N) is 1. The Morgan fingerprint density at radius 2 is 1.87 bits per heavy atom. The van der Waals surface area contributed by atoms with E-state index >= 15 is 0 Å². The van der Waals surface area contributed by atoms with Gasteiger partial charge in [0.1, 0.15) is 0 Å². The summed E-state index contributed by atoms with van der Waals surface area (Å²) in [6.07, 6.45) is 0. The average molecular weight is 433 g/mol. The van der Waals surface area contributed by atoms with Crippen LogP contribution in [0, 0.1) is 6.92 Å². The van der Waals surface area contributed by atoms with Crippen molar-refractivity contribution in [3.05, 3.63) is 52.5 Å². The van der Waals surface area contributed by atoms with Gasteiger partial charge in [0.05, 0.1) is 12.8 Å². The number of hydrogen-bond donors (Lipinski definition) is 3. The Labute approximate surface area is 178 Å². The Morgan fingerprint density at radius 3 is 2.53 bits per heavy atom. The number of benzene rings is 2. The lowest BCUT2D eigenvalue weighted by Crippen LogP contribution is -2.33. The third-order valence-corrected chi connectivity index (χ3v) is 4.41. The molecule has 0 aliphatic heterocycles. The second-order valence-electron chi connectivity index (χ2n) is 6.13. The quantitative estimate of drug-likeness (QED) is 0.349. The van der Waals surface area contributed by atoms with E-state index in [0.717, 1.165) is 0 Å². The molecule has 10 heteroatoms. The number of primary amides is 1. The SMILES string of the molecule is COc1cc(C(C)=NNC(=O)C(=O)Nc2cccc(Cl)c2C)ccc1OCC(N)=O. The first-order valence-electron chi connectivity index (χ1n) is 8.73. The summed E-state index contributed by atoms with van der Waals surface area (Å²) in [4.78, 5) is 35.0. The molecule has 0 saturated carbocycles. The van der Waals surface area contributed by atoms with Gasteiger partial charge in [0.15, 0.2) is 18.1 Å². The van der Waals surface area contributed by atoms with Gasteiger partial charge in [-0.2, -0.15) is 5.10 Å². The molecule has 4 N–H and O–H groups in total. The molecule has 0 aromatic heterocycles. The normalized spacial score (nSPS) is 10.9. The number of anilines is 1. The molecule has 3 amide bonds. The molecule has 0 radical (unpaired) electrons. The lowest BCUT2D eigenvalue weighted by Gasteiger charge is -2.11. The summed E-state index contributed by atoms with van der Waals surface area (Å²) in [5.41, 5.74) is 9.35. The molecule has 0 atom stereocenters. The molecule has 0 fully saturated rings. The van der Waals surface area contributed by atoms with Crippen LogP contribution < -0.4 is 25.9 Å². The largest absolute Gasteiger partial charge is 0.493 e. The third kappa shape index (κ3) is 5.95. The fourth-order valence-electron chi connectivity index (χ4n) is 2.33. The number of hydrogen-bond acceptors (Lipinski definition) is 6. The van der Waals surface area contributed by atoms with Gasteiger partial charge >= 0.3 is 11.8 Å². The Kier molecular flexibility index (Phi) is 7.76. The zero-order valence-electron chi connectivity index (χ0n) is 16.6. The third-order valence-electron chi connectivity index (χ3n) is 4.00. The van der Waals surface area contributed by atoms with E-state index in [9.17, 15) is 14.4 Å². The fourth-order valence-corrected chi connectivity index (χ4v) is 2.51. The van der Waals surface area contributed by atoms with Crippen LogP contribution in [0.1, 0.15) is 18.1 Å². The molecule has 0 bridgehead atoms. The minimum absolute atomic E-state index is 0.292. The zero-order chi connectivity index (χ0) is 22.3. The summed E-state index contributed by atoms with van der Waals surface area (Å²) in [7, 11) is 1.44. The van der Waals surface area contributed by atoms with Crippen LogP contribution in [-0.2, 0) is 14.4 Å². The van der Waals surface area contributed by atoms with Crippen molar-refractivity contribution in [1.82, 2.24) is 5.43 Å². The molecular weight excluding hydrogens is 412 g/mol. The van der Waals surface area contributed by atoms with Crippen LogP contribution in [0.4, 0.5) is 5.69 Å². The molecule has 2 rings (SSSR count). The van der Waals surface area contributed by atoms with Crippen molar-refractivity contribution in [2.24, 2.45) is 10.8 Å². The van der Waals surface area contributed by atoms with Gasteiger partial charge in [-0.25, -0.2) is 5.43 Å². The van der Waals surface area contributed by atoms with Crippen molar-refractivity contribution in [1.29, 1.82) is 0 Å². The van der Waals surface area contributed by atoms with Crippen molar-refractivity contribution in [2.45, 2.75) is 13.8 Å². The highest BCUT2D eigenvalue weighted by Gasteiger charge is 2.15. The van der Waals surface area contributed by atoms with Crippen molar-refractivity contribution < 1.29 is 23.9 Å². The van der Waals surface area contributed by atoms with E-state index in [2.05, 4.69) is 15.8 Å². The minimum Gasteiger partial charge on any atom is -0.493 e. The number of hydrazone groups is 1. The number of carbonyl (C=O) groups is 3. The van der Waals surface area contributed by atoms with Crippen LogP contribution in [0.25, 0.3) is 0 Å². The topological polar surface area (TPSA) is 132 Å². The van der Waals surface area contributed by atoms with E-state index < -0.39 is 17.7 Å². The first-order chi connectivity index (χ1) is 14.2. The van der Waals surface area contributed by atoms with Gasteiger partial charge in [-0.1, -0.05) is 17.7 Å². The summed E-state index contributed by atoms with van der Waals surface area (Å²) in [6.45, 7) is 3.07. The number of methoxy groups -OCH3 is 1. The monoisotopic (exact) mass is 432 g/mol. The summed E-state index contributed by atoms with van der Waals surface area (Å²) < 4.78 is 10.5. The van der Waals surface area contributed by atoms with Crippen LogP contribution in [0.3, 0.4) is 0 Å². The first-order valence-corrected chi connectivity index (χ1v) is 9.11. The number of nitrogens with one attached hydrogen (secondary N) is 2. The van der Waals surface area contributed by atoms with Crippen LogP contribution in [-0.4, -0.2) is 37.1 Å². The van der Waals surface area contributed by atoms with Crippen molar-refractivity contribution >= 4 is 40.7 Å². The van der Waals surface area contributed by atoms with Crippen LogP contribution >= 0.6 is 11.6 Å². The number of rotatable bonds is 7. The fraction of sp³-hybridized carbons (Fsp3) is 0.200. The molecule has 0 aliphatic carbocycles. The van der Waals surface area contributed by atoms with E-state index in [0.29, 0.717) is 39.0 Å².